The predicted molar refractivity (Wildman–Crippen MR) is 166 cm³/mol. The van der Waals surface area contributed by atoms with E-state index in [1.165, 1.54) is 0 Å². The van der Waals surface area contributed by atoms with Crippen molar-refractivity contribution in [3.05, 3.63) is 53.1 Å². The standard InChI is InChI=1S/C38H52O3/c1-33(2)18-20-38(32(40)41-8)21-19-36(6)27(28(38)24-33)14-15-30-35(5)23-26(22-25-12-10-9-11-13-25)31(39)34(3,4)29(35)16-17-37(30,36)7/h9-14,22,28-30H,15-21,23-24H2,1-8H3/b26-22+/t28-,29-,30+,35-,36+,37+,38-/m0/s1. The first-order valence-corrected chi connectivity index (χ1v) is 16.2. The summed E-state index contributed by atoms with van der Waals surface area (Å²) in [6.45, 7) is 16.9. The molecule has 0 aliphatic heterocycles. The third kappa shape index (κ3) is 3.89. The van der Waals surface area contributed by atoms with Gasteiger partial charge >= 0.3 is 5.97 Å². The van der Waals surface area contributed by atoms with Gasteiger partial charge in [-0.2, -0.15) is 0 Å². The summed E-state index contributed by atoms with van der Waals surface area (Å²) in [5.74, 6) is 1.50. The van der Waals surface area contributed by atoms with Crippen LogP contribution >= 0.6 is 0 Å². The lowest BCUT2D eigenvalue weighted by molar-refractivity contribution is -0.185. The average Bonchev–Trinajstić information content (AvgIpc) is 2.92. The van der Waals surface area contributed by atoms with Crippen LogP contribution < -0.4 is 0 Å². The number of benzene rings is 1. The summed E-state index contributed by atoms with van der Waals surface area (Å²) in [7, 11) is 1.59. The average molecular weight is 557 g/mol. The number of fused-ring (bicyclic) bond motifs is 7. The first-order chi connectivity index (χ1) is 19.1. The van der Waals surface area contributed by atoms with Crippen LogP contribution in [-0.2, 0) is 14.3 Å². The molecule has 0 saturated heterocycles. The van der Waals surface area contributed by atoms with Gasteiger partial charge in [0, 0.05) is 5.41 Å². The number of hydrogen-bond donors (Lipinski definition) is 0. The molecule has 0 bridgehead atoms. The normalized spacial score (nSPS) is 43.6. The van der Waals surface area contributed by atoms with E-state index in [0.29, 0.717) is 17.6 Å². The topological polar surface area (TPSA) is 43.4 Å². The van der Waals surface area contributed by atoms with Gasteiger partial charge in [-0.1, -0.05) is 90.4 Å². The molecule has 0 aromatic heterocycles. The molecular formula is C38H52O3. The maximum absolute atomic E-state index is 14.0. The van der Waals surface area contributed by atoms with Crippen LogP contribution in [0, 0.1) is 50.2 Å². The number of hydrogen-bond acceptors (Lipinski definition) is 3. The molecule has 0 radical (unpaired) electrons. The molecule has 1 aromatic rings. The van der Waals surface area contributed by atoms with E-state index < -0.39 is 0 Å². The van der Waals surface area contributed by atoms with Crippen molar-refractivity contribution < 1.29 is 14.3 Å². The molecule has 222 valence electrons. The second-order valence-corrected chi connectivity index (χ2v) is 16.7. The highest BCUT2D eigenvalue weighted by Gasteiger charge is 2.69. The number of Topliss-reactive ketones (excluding diaryl/α,β-unsaturated/α-hetero) is 1. The van der Waals surface area contributed by atoms with Crippen LogP contribution in [0.5, 0.6) is 0 Å². The molecule has 5 aliphatic rings. The second kappa shape index (κ2) is 9.17. The van der Waals surface area contributed by atoms with Crippen LogP contribution in [0.15, 0.2) is 47.6 Å². The van der Waals surface area contributed by atoms with Crippen LogP contribution in [-0.4, -0.2) is 18.9 Å². The number of rotatable bonds is 2. The van der Waals surface area contributed by atoms with E-state index in [1.54, 1.807) is 12.7 Å². The largest absolute Gasteiger partial charge is 0.469 e. The number of esters is 1. The molecule has 5 aliphatic carbocycles. The van der Waals surface area contributed by atoms with Gasteiger partial charge in [-0.3, -0.25) is 9.59 Å². The third-order valence-electron chi connectivity index (χ3n) is 14.0. The summed E-state index contributed by atoms with van der Waals surface area (Å²) in [6.07, 6.45) is 14.0. The molecule has 3 nitrogen and oxygen atoms in total. The molecule has 41 heavy (non-hydrogen) atoms. The molecule has 0 unspecified atom stereocenters. The van der Waals surface area contributed by atoms with Crippen molar-refractivity contribution in [1.82, 2.24) is 0 Å². The van der Waals surface area contributed by atoms with E-state index in [2.05, 4.69) is 84.9 Å². The second-order valence-electron chi connectivity index (χ2n) is 16.7. The van der Waals surface area contributed by atoms with E-state index in [0.717, 1.165) is 68.9 Å². The maximum atomic E-state index is 14.0. The highest BCUT2D eigenvalue weighted by Crippen LogP contribution is 2.75. The molecule has 0 N–H and O–H groups in total. The van der Waals surface area contributed by atoms with Gasteiger partial charge in [0.25, 0.3) is 0 Å². The Kier molecular flexibility index (Phi) is 6.47. The summed E-state index contributed by atoms with van der Waals surface area (Å²) in [4.78, 5) is 27.5. The molecular weight excluding hydrogens is 504 g/mol. The van der Waals surface area contributed by atoms with Crippen molar-refractivity contribution in [2.45, 2.75) is 106 Å². The van der Waals surface area contributed by atoms with Crippen molar-refractivity contribution in [2.75, 3.05) is 7.11 Å². The number of ether oxygens (including phenoxy) is 1. The SMILES string of the molecule is COC(=O)[C@]12CCC(C)(C)C[C@H]1C1=CC[C@@H]3[C@@]4(C)C/C(=C\c5ccccc5)C(=O)C(C)(C)[C@@H]4CC[C@@]3(C)[C@]1(C)CC2. The number of carbonyl (C=O) groups is 2. The Bertz CT molecular complexity index is 1320. The number of carbonyl (C=O) groups excluding carboxylic acids is 2. The molecule has 4 fully saturated rings. The smallest absolute Gasteiger partial charge is 0.312 e. The van der Waals surface area contributed by atoms with Crippen LogP contribution in [0.2, 0.25) is 0 Å². The van der Waals surface area contributed by atoms with Gasteiger partial charge < -0.3 is 4.74 Å². The van der Waals surface area contributed by atoms with Gasteiger partial charge in [0.2, 0.25) is 0 Å². The van der Waals surface area contributed by atoms with E-state index in [4.69, 9.17) is 4.74 Å². The van der Waals surface area contributed by atoms with Crippen LogP contribution in [0.1, 0.15) is 112 Å². The Labute approximate surface area is 248 Å². The molecule has 0 heterocycles. The highest BCUT2D eigenvalue weighted by molar-refractivity contribution is 6.04. The Balaban J connectivity index is 1.45. The lowest BCUT2D eigenvalue weighted by Gasteiger charge is -2.70. The monoisotopic (exact) mass is 556 g/mol. The van der Waals surface area contributed by atoms with Crippen molar-refractivity contribution in [2.24, 2.45) is 50.2 Å². The molecule has 0 amide bonds. The van der Waals surface area contributed by atoms with Crippen LogP contribution in [0.3, 0.4) is 0 Å². The lowest BCUT2D eigenvalue weighted by Crippen LogP contribution is -2.65. The van der Waals surface area contributed by atoms with E-state index in [-0.39, 0.29) is 44.4 Å². The molecule has 6 rings (SSSR count). The predicted octanol–water partition coefficient (Wildman–Crippen LogP) is 9.22. The Hall–Kier alpha value is -2.16. The summed E-state index contributed by atoms with van der Waals surface area (Å²) in [6, 6.07) is 10.4. The molecule has 1 aromatic carbocycles. The van der Waals surface area contributed by atoms with Crippen molar-refractivity contribution in [3.63, 3.8) is 0 Å². The molecule has 7 atom stereocenters. The minimum Gasteiger partial charge on any atom is -0.469 e. The zero-order chi connectivity index (χ0) is 29.6. The first kappa shape index (κ1) is 28.9. The fraction of sp³-hybridized carbons (Fsp3) is 0.684. The zero-order valence-corrected chi connectivity index (χ0v) is 26.9. The summed E-state index contributed by atoms with van der Waals surface area (Å²) in [5.41, 5.74) is 3.39. The number of ketones is 1. The maximum Gasteiger partial charge on any atom is 0.312 e. The lowest BCUT2D eigenvalue weighted by atomic mass is 9.33. The van der Waals surface area contributed by atoms with Gasteiger partial charge in [-0.25, -0.2) is 0 Å². The van der Waals surface area contributed by atoms with Gasteiger partial charge in [-0.15, -0.1) is 0 Å². The Morgan fingerprint density at radius 2 is 1.59 bits per heavy atom. The van der Waals surface area contributed by atoms with Crippen molar-refractivity contribution in [3.8, 4) is 0 Å². The van der Waals surface area contributed by atoms with Crippen LogP contribution in [0.4, 0.5) is 0 Å². The van der Waals surface area contributed by atoms with Gasteiger partial charge in [0.05, 0.1) is 12.5 Å². The number of methoxy groups -OCH3 is 1. The Morgan fingerprint density at radius 3 is 2.27 bits per heavy atom. The van der Waals surface area contributed by atoms with Crippen LogP contribution in [0.25, 0.3) is 6.08 Å². The third-order valence-corrected chi connectivity index (χ3v) is 14.0. The first-order valence-electron chi connectivity index (χ1n) is 16.2. The van der Waals surface area contributed by atoms with Gasteiger partial charge in [0.1, 0.15) is 0 Å². The van der Waals surface area contributed by atoms with E-state index in [9.17, 15) is 9.59 Å². The molecule has 3 heteroatoms. The molecule has 0 spiro atoms. The Morgan fingerprint density at radius 1 is 0.902 bits per heavy atom. The van der Waals surface area contributed by atoms with Gasteiger partial charge in [0.15, 0.2) is 5.78 Å². The zero-order valence-electron chi connectivity index (χ0n) is 26.9. The fourth-order valence-electron chi connectivity index (χ4n) is 11.5. The summed E-state index contributed by atoms with van der Waals surface area (Å²) in [5, 5.41) is 0. The van der Waals surface area contributed by atoms with E-state index in [1.807, 2.05) is 6.07 Å². The number of allylic oxidation sites excluding steroid dienone is 3. The van der Waals surface area contributed by atoms with Crippen molar-refractivity contribution >= 4 is 17.8 Å². The molecule has 4 saturated carbocycles. The summed E-state index contributed by atoms with van der Waals surface area (Å²) >= 11 is 0. The van der Waals surface area contributed by atoms with E-state index >= 15 is 0 Å². The fourth-order valence-corrected chi connectivity index (χ4v) is 11.5. The quantitative estimate of drug-likeness (QED) is 0.207. The highest BCUT2D eigenvalue weighted by atomic mass is 16.5. The minimum absolute atomic E-state index is 0.0205. The van der Waals surface area contributed by atoms with Gasteiger partial charge in [-0.05, 0) is 114 Å². The minimum atomic E-state index is -0.375. The summed E-state index contributed by atoms with van der Waals surface area (Å²) < 4.78 is 5.54. The van der Waals surface area contributed by atoms with Crippen molar-refractivity contribution in [1.29, 1.82) is 0 Å².